The number of nitrogens with two attached hydrogens (primary N) is 1. The third-order valence-corrected chi connectivity index (χ3v) is 3.50. The molecule has 0 saturated carbocycles. The third kappa shape index (κ3) is 3.74. The number of hydrogen-bond donors (Lipinski definition) is 1. The Morgan fingerprint density at radius 3 is 2.41 bits per heavy atom. The van der Waals surface area contributed by atoms with Crippen LogP contribution in [-0.2, 0) is 16.3 Å². The molecule has 3 nitrogen and oxygen atoms in total. The molecule has 2 N–H and O–H groups in total. The fourth-order valence-corrected chi connectivity index (χ4v) is 2.15. The lowest BCUT2D eigenvalue weighted by atomic mass is 10.1. The second-order valence-electron chi connectivity index (χ2n) is 3.90. The van der Waals surface area contributed by atoms with Gasteiger partial charge in [0, 0.05) is 6.26 Å². The number of hydrogen-bond acceptors (Lipinski definition) is 3. The normalized spacial score (nSPS) is 11.8. The first kappa shape index (κ1) is 14.1. The summed E-state index contributed by atoms with van der Waals surface area (Å²) >= 11 is 0. The zero-order valence-electron chi connectivity index (χ0n) is 9.54. The first-order valence-corrected chi connectivity index (χ1v) is 7.13. The molecule has 0 unspecified atom stereocenters. The largest absolute Gasteiger partial charge is 0.330 e. The monoisotopic (exact) mass is 263 g/mol. The Bertz CT molecular complexity index is 500. The molecule has 0 saturated heterocycles. The van der Waals surface area contributed by atoms with Crippen LogP contribution >= 0.6 is 0 Å². The average molecular weight is 263 g/mol. The van der Waals surface area contributed by atoms with Crippen molar-refractivity contribution in [2.24, 2.45) is 5.73 Å². The summed E-state index contributed by atoms with van der Waals surface area (Å²) in [5, 5.41) is 0. The van der Waals surface area contributed by atoms with E-state index in [2.05, 4.69) is 0 Å². The predicted octanol–water partition coefficient (Wildman–Crippen LogP) is 1.65. The van der Waals surface area contributed by atoms with E-state index in [0.29, 0.717) is 25.5 Å². The molecule has 0 fully saturated rings. The molecule has 96 valence electrons. The first-order valence-electron chi connectivity index (χ1n) is 5.24. The van der Waals surface area contributed by atoms with Gasteiger partial charge in [0.05, 0.1) is 4.90 Å². The molecule has 0 spiro atoms. The molecule has 1 aromatic carbocycles. The van der Waals surface area contributed by atoms with Crippen LogP contribution in [0.4, 0.5) is 8.78 Å². The molecule has 0 aliphatic rings. The number of rotatable bonds is 5. The van der Waals surface area contributed by atoms with Gasteiger partial charge in [-0.25, -0.2) is 17.2 Å². The molecule has 0 aliphatic heterocycles. The van der Waals surface area contributed by atoms with E-state index in [9.17, 15) is 17.2 Å². The van der Waals surface area contributed by atoms with Crippen LogP contribution in [0, 0.1) is 11.6 Å². The van der Waals surface area contributed by atoms with E-state index in [1.54, 1.807) is 0 Å². The van der Waals surface area contributed by atoms with Crippen LogP contribution in [0.2, 0.25) is 0 Å². The van der Waals surface area contributed by atoms with Crippen LogP contribution in [0.3, 0.4) is 0 Å². The topological polar surface area (TPSA) is 60.2 Å². The summed E-state index contributed by atoms with van der Waals surface area (Å²) in [6.07, 6.45) is 2.52. The summed E-state index contributed by atoms with van der Waals surface area (Å²) in [6.45, 7) is 0.468. The van der Waals surface area contributed by atoms with Crippen molar-refractivity contribution in [1.82, 2.24) is 0 Å². The van der Waals surface area contributed by atoms with Crippen molar-refractivity contribution in [3.8, 4) is 0 Å². The zero-order valence-corrected chi connectivity index (χ0v) is 10.4. The van der Waals surface area contributed by atoms with Crippen molar-refractivity contribution >= 4 is 9.84 Å². The van der Waals surface area contributed by atoms with Gasteiger partial charge < -0.3 is 5.73 Å². The van der Waals surface area contributed by atoms with Crippen LogP contribution in [0.15, 0.2) is 17.0 Å². The fraction of sp³-hybridized carbons (Fsp3) is 0.455. The Labute approximate surface area is 99.6 Å². The van der Waals surface area contributed by atoms with E-state index in [0.717, 1.165) is 6.26 Å². The summed E-state index contributed by atoms with van der Waals surface area (Å²) < 4.78 is 49.2. The molecule has 0 heterocycles. The summed E-state index contributed by atoms with van der Waals surface area (Å²) in [7, 11) is -3.53. The van der Waals surface area contributed by atoms with E-state index in [4.69, 9.17) is 5.73 Å². The molecular weight excluding hydrogens is 248 g/mol. The van der Waals surface area contributed by atoms with Gasteiger partial charge in [0.2, 0.25) is 0 Å². The molecular formula is C11H15F2NO2S. The Hall–Kier alpha value is -1.01. The van der Waals surface area contributed by atoms with Gasteiger partial charge in [-0.15, -0.1) is 0 Å². The Balaban J connectivity index is 3.08. The van der Waals surface area contributed by atoms with Crippen LogP contribution in [0.5, 0.6) is 0 Å². The highest BCUT2D eigenvalue weighted by atomic mass is 32.2. The Morgan fingerprint density at radius 1 is 1.24 bits per heavy atom. The summed E-state index contributed by atoms with van der Waals surface area (Å²) in [4.78, 5) is -0.195. The predicted molar refractivity (Wildman–Crippen MR) is 61.5 cm³/mol. The summed E-state index contributed by atoms with van der Waals surface area (Å²) in [5.74, 6) is -2.11. The van der Waals surface area contributed by atoms with E-state index < -0.39 is 21.5 Å². The van der Waals surface area contributed by atoms with E-state index in [-0.39, 0.29) is 16.9 Å². The first-order chi connectivity index (χ1) is 7.86. The second kappa shape index (κ2) is 5.55. The van der Waals surface area contributed by atoms with Crippen molar-refractivity contribution in [3.05, 3.63) is 29.3 Å². The Morgan fingerprint density at radius 2 is 1.88 bits per heavy atom. The van der Waals surface area contributed by atoms with Gasteiger partial charge in [-0.2, -0.15) is 0 Å². The van der Waals surface area contributed by atoms with Crippen molar-refractivity contribution in [1.29, 1.82) is 0 Å². The molecule has 1 rings (SSSR count). The molecule has 17 heavy (non-hydrogen) atoms. The summed E-state index contributed by atoms with van der Waals surface area (Å²) in [5.41, 5.74) is 5.38. The molecule has 0 bridgehead atoms. The number of benzene rings is 1. The molecule has 0 radical (unpaired) electrons. The highest BCUT2D eigenvalue weighted by Crippen LogP contribution is 2.20. The molecule has 6 heteroatoms. The van der Waals surface area contributed by atoms with Gasteiger partial charge in [0.25, 0.3) is 0 Å². The number of sulfone groups is 1. The maximum absolute atomic E-state index is 13.4. The van der Waals surface area contributed by atoms with Crippen LogP contribution in [-0.4, -0.2) is 21.2 Å². The van der Waals surface area contributed by atoms with Gasteiger partial charge in [-0.05, 0) is 43.5 Å². The second-order valence-corrected chi connectivity index (χ2v) is 5.91. The van der Waals surface area contributed by atoms with Gasteiger partial charge >= 0.3 is 0 Å². The van der Waals surface area contributed by atoms with E-state index in [1.165, 1.54) is 6.07 Å². The van der Waals surface area contributed by atoms with Gasteiger partial charge in [0.15, 0.2) is 21.5 Å². The minimum Gasteiger partial charge on any atom is -0.330 e. The van der Waals surface area contributed by atoms with Crippen LogP contribution in [0.1, 0.15) is 18.4 Å². The fourth-order valence-electron chi connectivity index (χ4n) is 1.47. The van der Waals surface area contributed by atoms with Crippen molar-refractivity contribution in [2.45, 2.75) is 24.2 Å². The number of unbranched alkanes of at least 4 members (excludes halogenated alkanes) is 1. The average Bonchev–Trinajstić information content (AvgIpc) is 2.22. The SMILES string of the molecule is CS(=O)(=O)c1cc(F)c(F)c(CCCCN)c1. The van der Waals surface area contributed by atoms with E-state index in [1.807, 2.05) is 0 Å². The smallest absolute Gasteiger partial charge is 0.175 e. The van der Waals surface area contributed by atoms with Gasteiger partial charge in [0.1, 0.15) is 0 Å². The third-order valence-electron chi connectivity index (χ3n) is 2.41. The standard InChI is InChI=1S/C11H15F2NO2S/c1-17(15,16)9-6-8(4-2-3-5-14)11(13)10(12)7-9/h6-7H,2-5,14H2,1H3. The minimum absolute atomic E-state index is 0.0823. The zero-order chi connectivity index (χ0) is 13.1. The van der Waals surface area contributed by atoms with Gasteiger partial charge in [-0.1, -0.05) is 0 Å². The van der Waals surface area contributed by atoms with Crippen LogP contribution < -0.4 is 5.73 Å². The molecule has 0 amide bonds. The maximum atomic E-state index is 13.4. The lowest BCUT2D eigenvalue weighted by Crippen LogP contribution is -2.04. The molecule has 0 aliphatic carbocycles. The maximum Gasteiger partial charge on any atom is 0.175 e. The number of halogens is 2. The Kier molecular flexibility index (Phi) is 4.59. The lowest BCUT2D eigenvalue weighted by Gasteiger charge is -2.06. The number of aryl methyl sites for hydroxylation is 1. The van der Waals surface area contributed by atoms with Crippen molar-refractivity contribution in [2.75, 3.05) is 12.8 Å². The van der Waals surface area contributed by atoms with E-state index >= 15 is 0 Å². The van der Waals surface area contributed by atoms with Crippen LogP contribution in [0.25, 0.3) is 0 Å². The highest BCUT2D eigenvalue weighted by molar-refractivity contribution is 7.90. The van der Waals surface area contributed by atoms with Crippen molar-refractivity contribution < 1.29 is 17.2 Å². The highest BCUT2D eigenvalue weighted by Gasteiger charge is 2.15. The lowest BCUT2D eigenvalue weighted by molar-refractivity contribution is 0.492. The molecule has 1 aromatic rings. The van der Waals surface area contributed by atoms with Crippen molar-refractivity contribution in [3.63, 3.8) is 0 Å². The molecule has 0 aromatic heterocycles. The quantitative estimate of drug-likeness (QED) is 0.649. The molecule has 0 atom stereocenters. The summed E-state index contributed by atoms with van der Waals surface area (Å²) in [6, 6.07) is 1.89. The van der Waals surface area contributed by atoms with Gasteiger partial charge in [-0.3, -0.25) is 0 Å². The minimum atomic E-state index is -3.53.